The van der Waals surface area contributed by atoms with Gasteiger partial charge in [-0.05, 0) is 40.5 Å². The molecule has 5 nitrogen and oxygen atoms in total. The van der Waals surface area contributed by atoms with Crippen LogP contribution in [0.25, 0.3) is 0 Å². The van der Waals surface area contributed by atoms with E-state index in [0.29, 0.717) is 17.6 Å². The number of aryl methyl sites for hydroxylation is 1. The molecule has 0 unspecified atom stereocenters. The second-order valence-corrected chi connectivity index (χ2v) is 5.08. The quantitative estimate of drug-likeness (QED) is 0.900. The van der Waals surface area contributed by atoms with Gasteiger partial charge in [0, 0.05) is 25.0 Å². The zero-order valence-corrected chi connectivity index (χ0v) is 12.0. The zero-order chi connectivity index (χ0) is 13.8. The molecule has 0 radical (unpaired) electrons. The van der Waals surface area contributed by atoms with Gasteiger partial charge in [0.2, 0.25) is 0 Å². The van der Waals surface area contributed by atoms with Crippen molar-refractivity contribution in [3.63, 3.8) is 0 Å². The monoisotopic (exact) mass is 323 g/mol. The molecule has 2 aromatic rings. The van der Waals surface area contributed by atoms with Crippen molar-refractivity contribution in [3.05, 3.63) is 61.3 Å². The Labute approximate surface area is 118 Å². The third-order valence-corrected chi connectivity index (χ3v) is 3.23. The van der Waals surface area contributed by atoms with Crippen LogP contribution in [0.1, 0.15) is 5.56 Å². The lowest BCUT2D eigenvalue weighted by atomic mass is 10.2. The molecule has 0 amide bonds. The molecule has 100 valence electrons. The first kappa shape index (κ1) is 13.6. The first-order chi connectivity index (χ1) is 9.06. The minimum absolute atomic E-state index is 0.350. The van der Waals surface area contributed by atoms with Crippen molar-refractivity contribution < 1.29 is 0 Å². The maximum absolute atomic E-state index is 11.5. The van der Waals surface area contributed by atoms with Crippen LogP contribution in [-0.4, -0.2) is 16.1 Å². The van der Waals surface area contributed by atoms with E-state index in [2.05, 4.69) is 26.2 Å². The van der Waals surface area contributed by atoms with Crippen LogP contribution in [0.4, 0.5) is 5.69 Å². The summed E-state index contributed by atoms with van der Waals surface area (Å²) in [6.45, 7) is 3.10. The van der Waals surface area contributed by atoms with Gasteiger partial charge in [-0.2, -0.15) is 0 Å². The molecule has 0 aliphatic heterocycles. The van der Waals surface area contributed by atoms with Crippen LogP contribution in [0.5, 0.6) is 0 Å². The van der Waals surface area contributed by atoms with Crippen molar-refractivity contribution in [1.82, 2.24) is 9.55 Å². The Hall–Kier alpha value is -1.82. The second kappa shape index (κ2) is 5.88. The normalized spacial score (nSPS) is 10.4. The molecule has 0 fully saturated rings. The number of H-pyrrole nitrogens is 1. The van der Waals surface area contributed by atoms with E-state index in [0.717, 1.165) is 5.69 Å². The first-order valence-corrected chi connectivity index (χ1v) is 6.65. The average Bonchev–Trinajstić information content (AvgIpc) is 2.35. The van der Waals surface area contributed by atoms with Gasteiger partial charge in [0.25, 0.3) is 5.56 Å². The highest BCUT2D eigenvalue weighted by Gasteiger charge is 2.01. The molecule has 0 saturated heterocycles. The molecule has 0 aliphatic carbocycles. The molecule has 0 spiro atoms. The maximum Gasteiger partial charge on any atom is 0.328 e. The molecule has 1 heterocycles. The number of rotatable bonds is 4. The van der Waals surface area contributed by atoms with Crippen molar-refractivity contribution in [3.8, 4) is 0 Å². The number of nitrogens with one attached hydrogen (secondary N) is 2. The molecular formula is C13H14BrN3O2. The van der Waals surface area contributed by atoms with Crippen molar-refractivity contribution in [1.29, 1.82) is 0 Å². The van der Waals surface area contributed by atoms with Gasteiger partial charge in [-0.15, -0.1) is 0 Å². The van der Waals surface area contributed by atoms with E-state index in [1.807, 2.05) is 31.2 Å². The van der Waals surface area contributed by atoms with Crippen LogP contribution in [0.2, 0.25) is 0 Å². The predicted molar refractivity (Wildman–Crippen MR) is 78.7 cm³/mol. The van der Waals surface area contributed by atoms with Crippen LogP contribution in [0, 0.1) is 6.92 Å². The van der Waals surface area contributed by atoms with Crippen LogP contribution >= 0.6 is 15.9 Å². The van der Waals surface area contributed by atoms with E-state index in [4.69, 9.17) is 0 Å². The standard InChI is InChI=1S/C13H14BrN3O2/c1-9-3-2-4-10(7-9)15-5-6-17-8-11(14)12(18)16-13(17)19/h2-4,7-8,15H,5-6H2,1H3,(H,16,18,19). The van der Waals surface area contributed by atoms with E-state index < -0.39 is 11.2 Å². The number of nitrogens with zero attached hydrogens (tertiary/aromatic N) is 1. The molecule has 0 bridgehead atoms. The Morgan fingerprint density at radius 3 is 2.89 bits per heavy atom. The van der Waals surface area contributed by atoms with Gasteiger partial charge in [0.1, 0.15) is 0 Å². The van der Waals surface area contributed by atoms with Gasteiger partial charge in [0.15, 0.2) is 0 Å². The molecule has 0 aliphatic rings. The predicted octanol–water partition coefficient (Wildman–Crippen LogP) is 1.72. The third kappa shape index (κ3) is 3.57. The van der Waals surface area contributed by atoms with Gasteiger partial charge in [0.05, 0.1) is 4.47 Å². The van der Waals surface area contributed by atoms with E-state index >= 15 is 0 Å². The number of benzene rings is 1. The fourth-order valence-electron chi connectivity index (χ4n) is 1.72. The molecule has 1 aromatic carbocycles. The summed E-state index contributed by atoms with van der Waals surface area (Å²) >= 11 is 3.10. The maximum atomic E-state index is 11.5. The Bertz CT molecular complexity index is 691. The molecule has 0 atom stereocenters. The fraction of sp³-hybridized carbons (Fsp3) is 0.231. The molecule has 1 aromatic heterocycles. The summed E-state index contributed by atoms with van der Waals surface area (Å²) in [6, 6.07) is 8.00. The fourth-order valence-corrected chi connectivity index (χ4v) is 2.07. The summed E-state index contributed by atoms with van der Waals surface area (Å²) in [7, 11) is 0. The minimum Gasteiger partial charge on any atom is -0.383 e. The van der Waals surface area contributed by atoms with E-state index in [1.165, 1.54) is 16.3 Å². The Morgan fingerprint density at radius 1 is 1.37 bits per heavy atom. The van der Waals surface area contributed by atoms with Crippen molar-refractivity contribution >= 4 is 21.6 Å². The highest BCUT2D eigenvalue weighted by atomic mass is 79.9. The molecular weight excluding hydrogens is 310 g/mol. The Balaban J connectivity index is 2.02. The lowest BCUT2D eigenvalue weighted by Gasteiger charge is -2.09. The van der Waals surface area contributed by atoms with Crippen LogP contribution in [-0.2, 0) is 6.54 Å². The summed E-state index contributed by atoms with van der Waals surface area (Å²) < 4.78 is 1.80. The molecule has 2 rings (SSSR count). The number of aromatic nitrogens is 2. The average molecular weight is 324 g/mol. The van der Waals surface area contributed by atoms with E-state index in [9.17, 15) is 9.59 Å². The van der Waals surface area contributed by atoms with Crippen molar-refractivity contribution in [2.75, 3.05) is 11.9 Å². The molecule has 2 N–H and O–H groups in total. The van der Waals surface area contributed by atoms with Crippen LogP contribution < -0.4 is 16.6 Å². The Morgan fingerprint density at radius 2 is 2.16 bits per heavy atom. The molecule has 6 heteroatoms. The lowest BCUT2D eigenvalue weighted by molar-refractivity contribution is 0.666. The van der Waals surface area contributed by atoms with E-state index in [1.54, 1.807) is 0 Å². The Kier molecular flexibility index (Phi) is 4.21. The summed E-state index contributed by atoms with van der Waals surface area (Å²) in [4.78, 5) is 25.0. The second-order valence-electron chi connectivity index (χ2n) is 4.23. The minimum atomic E-state index is -0.409. The van der Waals surface area contributed by atoms with Gasteiger partial charge in [-0.25, -0.2) is 4.79 Å². The molecule has 19 heavy (non-hydrogen) atoms. The van der Waals surface area contributed by atoms with Gasteiger partial charge >= 0.3 is 5.69 Å². The summed E-state index contributed by atoms with van der Waals surface area (Å²) in [6.07, 6.45) is 1.50. The van der Waals surface area contributed by atoms with Crippen molar-refractivity contribution in [2.45, 2.75) is 13.5 Å². The highest BCUT2D eigenvalue weighted by molar-refractivity contribution is 9.10. The summed E-state index contributed by atoms with van der Waals surface area (Å²) in [5.74, 6) is 0. The largest absolute Gasteiger partial charge is 0.383 e. The number of hydrogen-bond acceptors (Lipinski definition) is 3. The third-order valence-electron chi connectivity index (χ3n) is 2.67. The van der Waals surface area contributed by atoms with Crippen LogP contribution in [0.3, 0.4) is 0 Å². The summed E-state index contributed by atoms with van der Waals surface area (Å²) in [5, 5.41) is 3.23. The first-order valence-electron chi connectivity index (χ1n) is 5.86. The van der Waals surface area contributed by atoms with Crippen molar-refractivity contribution in [2.24, 2.45) is 0 Å². The molecule has 0 saturated carbocycles. The number of aromatic amines is 1. The number of halogens is 1. The summed E-state index contributed by atoms with van der Waals surface area (Å²) in [5.41, 5.74) is 1.37. The lowest BCUT2D eigenvalue weighted by Crippen LogP contribution is -2.31. The van der Waals surface area contributed by atoms with E-state index in [-0.39, 0.29) is 0 Å². The van der Waals surface area contributed by atoms with Gasteiger partial charge in [-0.1, -0.05) is 12.1 Å². The highest BCUT2D eigenvalue weighted by Crippen LogP contribution is 2.08. The zero-order valence-electron chi connectivity index (χ0n) is 10.4. The number of anilines is 1. The topological polar surface area (TPSA) is 66.9 Å². The smallest absolute Gasteiger partial charge is 0.328 e. The van der Waals surface area contributed by atoms with Crippen LogP contribution in [0.15, 0.2) is 44.5 Å². The SMILES string of the molecule is Cc1cccc(NCCn2cc(Br)c(=O)[nH]c2=O)c1. The van der Waals surface area contributed by atoms with Gasteiger partial charge in [-0.3, -0.25) is 14.3 Å². The number of hydrogen-bond donors (Lipinski definition) is 2. The van der Waals surface area contributed by atoms with Gasteiger partial charge < -0.3 is 5.32 Å².